The van der Waals surface area contributed by atoms with Crippen molar-refractivity contribution >= 4 is 27.9 Å². The number of hydrogen-bond acceptors (Lipinski definition) is 6. The molecule has 0 aliphatic heterocycles. The Morgan fingerprint density at radius 2 is 1.83 bits per heavy atom. The fourth-order valence-corrected chi connectivity index (χ4v) is 3.71. The predicted octanol–water partition coefficient (Wildman–Crippen LogP) is 3.17. The molecule has 148 valence electrons. The lowest BCUT2D eigenvalue weighted by Gasteiger charge is -2.12. The first-order valence-electron chi connectivity index (χ1n) is 8.90. The molecule has 0 unspecified atom stereocenters. The van der Waals surface area contributed by atoms with E-state index in [-0.39, 0.29) is 11.3 Å². The standard InChI is InChI=1S/C20H20N6O2S/c1-15-5-9-18(10-6-15)29(27,28)23-19-14-16(2)4-7-17(19)8-11-20-22-24-25-26(20)13-3-12-21/h4-11,14,23H,3,13H2,1-2H3. The summed E-state index contributed by atoms with van der Waals surface area (Å²) in [6.07, 6.45) is 3.71. The van der Waals surface area contributed by atoms with Gasteiger partial charge in [-0.25, -0.2) is 13.1 Å². The fourth-order valence-electron chi connectivity index (χ4n) is 2.64. The molecule has 0 aliphatic carbocycles. The maximum atomic E-state index is 12.8. The molecular formula is C20H20N6O2S. The minimum atomic E-state index is -3.73. The smallest absolute Gasteiger partial charge is 0.261 e. The summed E-state index contributed by atoms with van der Waals surface area (Å²) in [4.78, 5) is 0.194. The Labute approximate surface area is 169 Å². The zero-order chi connectivity index (χ0) is 20.9. The summed E-state index contributed by atoms with van der Waals surface area (Å²) in [6, 6.07) is 14.2. The highest BCUT2D eigenvalue weighted by Crippen LogP contribution is 2.24. The van der Waals surface area contributed by atoms with Gasteiger partial charge in [-0.2, -0.15) is 5.26 Å². The van der Waals surface area contributed by atoms with Crippen LogP contribution < -0.4 is 4.72 Å². The largest absolute Gasteiger partial charge is 0.279 e. The number of sulfonamides is 1. The van der Waals surface area contributed by atoms with Gasteiger partial charge in [-0.3, -0.25) is 4.72 Å². The SMILES string of the molecule is Cc1ccc(S(=O)(=O)Nc2cc(C)ccc2C=Cc2nnnn2CCC#N)cc1. The first-order valence-corrected chi connectivity index (χ1v) is 10.4. The van der Waals surface area contributed by atoms with Gasteiger partial charge in [-0.1, -0.05) is 29.8 Å². The Kier molecular flexibility index (Phi) is 6.04. The molecule has 29 heavy (non-hydrogen) atoms. The maximum Gasteiger partial charge on any atom is 0.261 e. The minimum Gasteiger partial charge on any atom is -0.279 e. The predicted molar refractivity (Wildman–Crippen MR) is 110 cm³/mol. The number of nitrogens with one attached hydrogen (secondary N) is 1. The molecule has 0 atom stereocenters. The Balaban J connectivity index is 1.90. The molecule has 2 aromatic carbocycles. The van der Waals surface area contributed by atoms with Gasteiger partial charge in [0.25, 0.3) is 10.0 Å². The number of benzene rings is 2. The molecule has 1 heterocycles. The molecule has 0 saturated carbocycles. The molecule has 9 heteroatoms. The highest BCUT2D eigenvalue weighted by atomic mass is 32.2. The van der Waals surface area contributed by atoms with E-state index in [1.807, 2.05) is 32.0 Å². The Morgan fingerprint density at radius 1 is 1.10 bits per heavy atom. The molecule has 0 fully saturated rings. The van der Waals surface area contributed by atoms with E-state index >= 15 is 0 Å². The van der Waals surface area contributed by atoms with E-state index in [1.165, 1.54) is 4.68 Å². The summed E-state index contributed by atoms with van der Waals surface area (Å²) in [5, 5.41) is 20.1. The van der Waals surface area contributed by atoms with Crippen molar-refractivity contribution < 1.29 is 8.42 Å². The highest BCUT2D eigenvalue weighted by molar-refractivity contribution is 7.92. The summed E-state index contributed by atoms with van der Waals surface area (Å²) < 4.78 is 29.7. The first kappa shape index (κ1) is 20.2. The van der Waals surface area contributed by atoms with Crippen LogP contribution in [0.1, 0.15) is 28.9 Å². The van der Waals surface area contributed by atoms with Crippen LogP contribution in [0.2, 0.25) is 0 Å². The highest BCUT2D eigenvalue weighted by Gasteiger charge is 2.15. The second kappa shape index (κ2) is 8.67. The molecule has 0 radical (unpaired) electrons. The molecule has 1 N–H and O–H groups in total. The van der Waals surface area contributed by atoms with E-state index in [0.29, 0.717) is 23.6 Å². The van der Waals surface area contributed by atoms with E-state index in [2.05, 4.69) is 20.2 Å². The van der Waals surface area contributed by atoms with Crippen LogP contribution in [-0.4, -0.2) is 28.6 Å². The Bertz CT molecular complexity index is 1170. The third-order valence-electron chi connectivity index (χ3n) is 4.19. The van der Waals surface area contributed by atoms with Crippen LogP contribution in [0.5, 0.6) is 0 Å². The van der Waals surface area contributed by atoms with E-state index < -0.39 is 10.0 Å². The number of rotatable bonds is 7. The zero-order valence-corrected chi connectivity index (χ0v) is 16.9. The minimum absolute atomic E-state index is 0.194. The third kappa shape index (κ3) is 5.06. The van der Waals surface area contributed by atoms with Gasteiger partial charge >= 0.3 is 0 Å². The van der Waals surface area contributed by atoms with E-state index in [4.69, 9.17) is 5.26 Å². The van der Waals surface area contributed by atoms with Gasteiger partial charge in [0.1, 0.15) is 0 Å². The van der Waals surface area contributed by atoms with Crippen LogP contribution >= 0.6 is 0 Å². The molecule has 0 amide bonds. The second-order valence-corrected chi connectivity index (χ2v) is 8.19. The maximum absolute atomic E-state index is 12.8. The molecule has 0 spiro atoms. The van der Waals surface area contributed by atoms with Crippen molar-refractivity contribution in [2.45, 2.75) is 31.7 Å². The lowest BCUT2D eigenvalue weighted by molar-refractivity contribution is 0.595. The van der Waals surface area contributed by atoms with E-state index in [9.17, 15) is 8.42 Å². The average Bonchev–Trinajstić information content (AvgIpc) is 3.13. The molecular weight excluding hydrogens is 388 g/mol. The third-order valence-corrected chi connectivity index (χ3v) is 5.57. The number of aromatic nitrogens is 4. The molecule has 0 saturated heterocycles. The van der Waals surface area contributed by atoms with Crippen LogP contribution in [0.3, 0.4) is 0 Å². The topological polar surface area (TPSA) is 114 Å². The summed E-state index contributed by atoms with van der Waals surface area (Å²) >= 11 is 0. The van der Waals surface area contributed by atoms with Gasteiger partial charge in [0.15, 0.2) is 5.82 Å². The van der Waals surface area contributed by atoms with Crippen LogP contribution in [0.15, 0.2) is 47.4 Å². The fraction of sp³-hybridized carbons (Fsp3) is 0.200. The molecule has 1 aromatic heterocycles. The van der Waals surface area contributed by atoms with Crippen LogP contribution in [0.25, 0.3) is 12.2 Å². The van der Waals surface area contributed by atoms with Crippen LogP contribution in [-0.2, 0) is 16.6 Å². The number of aryl methyl sites for hydroxylation is 3. The Morgan fingerprint density at radius 3 is 2.55 bits per heavy atom. The summed E-state index contributed by atoms with van der Waals surface area (Å²) in [6.45, 7) is 4.17. The molecule has 3 rings (SSSR count). The molecule has 8 nitrogen and oxygen atoms in total. The van der Waals surface area contributed by atoms with Gasteiger partial charge in [-0.15, -0.1) is 5.10 Å². The quantitative estimate of drug-likeness (QED) is 0.642. The normalized spacial score (nSPS) is 11.5. The van der Waals surface area contributed by atoms with Crippen molar-refractivity contribution in [2.24, 2.45) is 0 Å². The van der Waals surface area contributed by atoms with Crippen molar-refractivity contribution in [3.63, 3.8) is 0 Å². The van der Waals surface area contributed by atoms with Gasteiger partial charge in [0.2, 0.25) is 0 Å². The summed E-state index contributed by atoms with van der Waals surface area (Å²) in [7, 11) is -3.73. The second-order valence-electron chi connectivity index (χ2n) is 6.51. The van der Waals surface area contributed by atoms with Crippen molar-refractivity contribution in [1.82, 2.24) is 20.2 Å². The number of tetrazole rings is 1. The van der Waals surface area contributed by atoms with E-state index in [0.717, 1.165) is 11.1 Å². The average molecular weight is 408 g/mol. The van der Waals surface area contributed by atoms with E-state index in [1.54, 1.807) is 42.5 Å². The van der Waals surface area contributed by atoms with Crippen LogP contribution in [0.4, 0.5) is 5.69 Å². The zero-order valence-electron chi connectivity index (χ0n) is 16.1. The van der Waals surface area contributed by atoms with Gasteiger partial charge < -0.3 is 0 Å². The number of anilines is 1. The van der Waals surface area contributed by atoms with Gasteiger partial charge in [-0.05, 0) is 65.8 Å². The monoisotopic (exact) mass is 408 g/mol. The summed E-state index contributed by atoms with van der Waals surface area (Å²) in [5.74, 6) is 0.480. The Hall–Kier alpha value is -3.51. The number of nitriles is 1. The molecule has 0 aliphatic rings. The van der Waals surface area contributed by atoms with Crippen molar-refractivity contribution in [2.75, 3.05) is 4.72 Å². The molecule has 0 bridgehead atoms. The van der Waals surface area contributed by atoms with Gasteiger partial charge in [0.05, 0.1) is 29.6 Å². The first-order chi connectivity index (χ1) is 13.9. The van der Waals surface area contributed by atoms with Crippen molar-refractivity contribution in [3.05, 3.63) is 65.0 Å². The molecule has 3 aromatic rings. The number of nitrogens with zero attached hydrogens (tertiary/aromatic N) is 5. The number of hydrogen-bond donors (Lipinski definition) is 1. The van der Waals surface area contributed by atoms with Crippen molar-refractivity contribution in [1.29, 1.82) is 5.26 Å². The lowest BCUT2D eigenvalue weighted by atomic mass is 10.1. The summed E-state index contributed by atoms with van der Waals surface area (Å²) in [5.41, 5.74) is 3.03. The van der Waals surface area contributed by atoms with Gasteiger partial charge in [0, 0.05) is 0 Å². The van der Waals surface area contributed by atoms with Crippen LogP contribution in [0, 0.1) is 25.2 Å². The van der Waals surface area contributed by atoms with Crippen molar-refractivity contribution in [3.8, 4) is 6.07 Å². The lowest BCUT2D eigenvalue weighted by Crippen LogP contribution is -2.13.